The van der Waals surface area contributed by atoms with Crippen molar-refractivity contribution < 1.29 is 8.42 Å². The van der Waals surface area contributed by atoms with Crippen molar-refractivity contribution in [3.63, 3.8) is 0 Å². The van der Waals surface area contributed by atoms with Gasteiger partial charge in [-0.3, -0.25) is 0 Å². The van der Waals surface area contributed by atoms with E-state index in [0.29, 0.717) is 17.7 Å². The van der Waals surface area contributed by atoms with Crippen LogP contribution in [0, 0.1) is 11.8 Å². The van der Waals surface area contributed by atoms with Gasteiger partial charge in [-0.15, -0.1) is 0 Å². The number of hydrogen-bond donors (Lipinski definition) is 1. The van der Waals surface area contributed by atoms with Crippen LogP contribution in [-0.4, -0.2) is 33.0 Å². The average molecular weight is 261 g/mol. The van der Waals surface area contributed by atoms with Crippen LogP contribution in [0.5, 0.6) is 0 Å². The first-order valence-corrected chi connectivity index (χ1v) is 8.89. The second-order valence-electron chi connectivity index (χ2n) is 5.66. The molecule has 1 saturated carbocycles. The maximum atomic E-state index is 11.3. The Morgan fingerprint density at radius 3 is 2.59 bits per heavy atom. The average Bonchev–Trinajstić information content (AvgIpc) is 2.24. The number of sulfone groups is 1. The largest absolute Gasteiger partial charge is 0.314 e. The van der Waals surface area contributed by atoms with E-state index in [4.69, 9.17) is 0 Å². The van der Waals surface area contributed by atoms with E-state index in [1.807, 2.05) is 0 Å². The monoisotopic (exact) mass is 261 g/mol. The minimum absolute atomic E-state index is 0.342. The van der Waals surface area contributed by atoms with E-state index in [-0.39, 0.29) is 0 Å². The van der Waals surface area contributed by atoms with Gasteiger partial charge in [0.2, 0.25) is 0 Å². The molecule has 4 heteroatoms. The van der Waals surface area contributed by atoms with Gasteiger partial charge in [-0.1, -0.05) is 13.8 Å². The molecule has 0 aromatic carbocycles. The Labute approximate surface area is 106 Å². The van der Waals surface area contributed by atoms with Gasteiger partial charge in [-0.25, -0.2) is 8.42 Å². The summed E-state index contributed by atoms with van der Waals surface area (Å²) in [5, 5.41) is 3.58. The van der Waals surface area contributed by atoms with Crippen LogP contribution in [0.15, 0.2) is 0 Å². The highest BCUT2D eigenvalue weighted by Gasteiger charge is 2.28. The third-order valence-electron chi connectivity index (χ3n) is 3.76. The van der Waals surface area contributed by atoms with Crippen LogP contribution in [-0.2, 0) is 9.84 Å². The van der Waals surface area contributed by atoms with Crippen LogP contribution in [0.4, 0.5) is 0 Å². The molecule has 3 unspecified atom stereocenters. The van der Waals surface area contributed by atoms with Gasteiger partial charge in [-0.2, -0.15) is 0 Å². The number of hydrogen-bond acceptors (Lipinski definition) is 3. The van der Waals surface area contributed by atoms with Crippen molar-refractivity contribution >= 4 is 9.84 Å². The molecule has 0 aromatic rings. The molecule has 0 aliphatic heterocycles. The molecule has 1 aliphatic carbocycles. The third kappa shape index (κ3) is 5.87. The smallest absolute Gasteiger partial charge is 0.147 e. The molecule has 1 rings (SSSR count). The molecule has 17 heavy (non-hydrogen) atoms. The van der Waals surface area contributed by atoms with Crippen LogP contribution < -0.4 is 5.32 Å². The lowest BCUT2D eigenvalue weighted by atomic mass is 9.77. The summed E-state index contributed by atoms with van der Waals surface area (Å²) < 4.78 is 22.5. The first-order chi connectivity index (χ1) is 7.92. The molecule has 1 aliphatic rings. The van der Waals surface area contributed by atoms with Crippen molar-refractivity contribution in [2.24, 2.45) is 11.8 Å². The predicted molar refractivity (Wildman–Crippen MR) is 72.9 cm³/mol. The molecule has 0 aromatic heterocycles. The molecule has 0 spiro atoms. The Morgan fingerprint density at radius 1 is 1.29 bits per heavy atom. The van der Waals surface area contributed by atoms with E-state index < -0.39 is 9.84 Å². The highest BCUT2D eigenvalue weighted by molar-refractivity contribution is 7.90. The van der Waals surface area contributed by atoms with Crippen LogP contribution >= 0.6 is 0 Å². The fourth-order valence-corrected chi connectivity index (χ4v) is 3.51. The molecule has 3 nitrogen and oxygen atoms in total. The summed E-state index contributed by atoms with van der Waals surface area (Å²) in [6, 6.07) is 0.535. The lowest BCUT2D eigenvalue weighted by molar-refractivity contribution is 0.209. The zero-order chi connectivity index (χ0) is 12.9. The molecular weight excluding hydrogens is 234 g/mol. The van der Waals surface area contributed by atoms with Crippen LogP contribution in [0.2, 0.25) is 0 Å². The predicted octanol–water partition coefficient (Wildman–Crippen LogP) is 2.23. The topological polar surface area (TPSA) is 46.2 Å². The van der Waals surface area contributed by atoms with Crippen LogP contribution in [0.25, 0.3) is 0 Å². The molecule has 3 atom stereocenters. The second kappa shape index (κ2) is 6.74. The van der Waals surface area contributed by atoms with Gasteiger partial charge in [0.25, 0.3) is 0 Å². The van der Waals surface area contributed by atoms with Crippen molar-refractivity contribution in [3.05, 3.63) is 0 Å². The number of nitrogens with one attached hydrogen (secondary N) is 1. The van der Waals surface area contributed by atoms with E-state index in [0.717, 1.165) is 25.3 Å². The summed E-state index contributed by atoms with van der Waals surface area (Å²) in [5.41, 5.74) is 0. The maximum Gasteiger partial charge on any atom is 0.147 e. The number of rotatable bonds is 6. The van der Waals surface area contributed by atoms with E-state index in [2.05, 4.69) is 19.2 Å². The van der Waals surface area contributed by atoms with Crippen molar-refractivity contribution in [3.8, 4) is 0 Å². The summed E-state index contributed by atoms with van der Waals surface area (Å²) >= 11 is 0. The lowest BCUT2D eigenvalue weighted by Crippen LogP contribution is -2.41. The zero-order valence-electron chi connectivity index (χ0n) is 11.4. The molecule has 1 N–H and O–H groups in total. The van der Waals surface area contributed by atoms with Crippen molar-refractivity contribution in [2.75, 3.05) is 18.6 Å². The van der Waals surface area contributed by atoms with E-state index in [1.54, 1.807) is 0 Å². The zero-order valence-corrected chi connectivity index (χ0v) is 12.2. The normalized spacial score (nSPS) is 30.4. The Kier molecular flexibility index (Phi) is 5.93. The first kappa shape index (κ1) is 15.0. The SMILES string of the molecule is CCCNC1CCC(C)CC1CCS(C)(=O)=O. The van der Waals surface area contributed by atoms with Gasteiger partial charge < -0.3 is 5.32 Å². The van der Waals surface area contributed by atoms with Crippen LogP contribution in [0.3, 0.4) is 0 Å². The van der Waals surface area contributed by atoms with Crippen LogP contribution in [0.1, 0.15) is 46.0 Å². The van der Waals surface area contributed by atoms with Crippen molar-refractivity contribution in [2.45, 2.75) is 52.0 Å². The minimum atomic E-state index is -2.81. The van der Waals surface area contributed by atoms with Gasteiger partial charge in [0.1, 0.15) is 9.84 Å². The van der Waals surface area contributed by atoms with Gasteiger partial charge in [0.05, 0.1) is 5.75 Å². The highest BCUT2D eigenvalue weighted by atomic mass is 32.2. The summed E-state index contributed by atoms with van der Waals surface area (Å²) in [7, 11) is -2.81. The molecule has 1 fully saturated rings. The standard InChI is InChI=1S/C13H27NO2S/c1-4-8-14-13-6-5-11(2)10-12(13)7-9-17(3,15)16/h11-14H,4-10H2,1-3H3. The molecule has 0 heterocycles. The first-order valence-electron chi connectivity index (χ1n) is 6.83. The Morgan fingerprint density at radius 2 is 2.00 bits per heavy atom. The maximum absolute atomic E-state index is 11.3. The molecule has 102 valence electrons. The van der Waals surface area contributed by atoms with Gasteiger partial charge in [0.15, 0.2) is 0 Å². The molecule has 0 bridgehead atoms. The Bertz CT molecular complexity index is 311. The molecular formula is C13H27NO2S. The summed E-state index contributed by atoms with van der Waals surface area (Å²) in [6.45, 7) is 5.50. The van der Waals surface area contributed by atoms with E-state index in [1.165, 1.54) is 25.5 Å². The molecule has 0 amide bonds. The third-order valence-corrected chi connectivity index (χ3v) is 4.74. The quantitative estimate of drug-likeness (QED) is 0.797. The van der Waals surface area contributed by atoms with E-state index in [9.17, 15) is 8.42 Å². The van der Waals surface area contributed by atoms with Gasteiger partial charge in [0, 0.05) is 12.3 Å². The minimum Gasteiger partial charge on any atom is -0.314 e. The fourth-order valence-electron chi connectivity index (χ4n) is 2.78. The second-order valence-corrected chi connectivity index (χ2v) is 7.92. The summed E-state index contributed by atoms with van der Waals surface area (Å²) in [4.78, 5) is 0. The van der Waals surface area contributed by atoms with Gasteiger partial charge >= 0.3 is 0 Å². The summed E-state index contributed by atoms with van der Waals surface area (Å²) in [6.07, 6.45) is 6.96. The lowest BCUT2D eigenvalue weighted by Gasteiger charge is -2.35. The summed E-state index contributed by atoms with van der Waals surface area (Å²) in [5.74, 6) is 1.63. The van der Waals surface area contributed by atoms with Gasteiger partial charge in [-0.05, 0) is 50.5 Å². The molecule has 0 saturated heterocycles. The highest BCUT2D eigenvalue weighted by Crippen LogP contribution is 2.31. The molecule has 0 radical (unpaired) electrons. The Hall–Kier alpha value is -0.0900. The van der Waals surface area contributed by atoms with Crippen molar-refractivity contribution in [1.82, 2.24) is 5.32 Å². The Balaban J connectivity index is 2.49. The fraction of sp³-hybridized carbons (Fsp3) is 1.00. The van der Waals surface area contributed by atoms with E-state index >= 15 is 0 Å². The van der Waals surface area contributed by atoms with Crippen molar-refractivity contribution in [1.29, 1.82) is 0 Å².